The maximum Gasteiger partial charge on any atom is 0.310 e. The number of esters is 1. The maximum atomic E-state index is 12.2. The van der Waals surface area contributed by atoms with Gasteiger partial charge >= 0.3 is 5.97 Å². The highest BCUT2D eigenvalue weighted by atomic mass is 16.5. The van der Waals surface area contributed by atoms with Crippen molar-refractivity contribution in [2.75, 3.05) is 19.7 Å². The second-order valence-corrected chi connectivity index (χ2v) is 7.11. The summed E-state index contributed by atoms with van der Waals surface area (Å²) in [6, 6.07) is 3.92. The molecule has 2 aromatic rings. The zero-order valence-electron chi connectivity index (χ0n) is 15.6. The van der Waals surface area contributed by atoms with Crippen LogP contribution < -0.4 is 5.73 Å². The Bertz CT molecular complexity index is 886. The highest BCUT2D eigenvalue weighted by molar-refractivity contribution is 5.88. The Morgan fingerprint density at radius 3 is 2.74 bits per heavy atom. The molecule has 1 aliphatic heterocycles. The second kappa shape index (κ2) is 7.82. The van der Waals surface area contributed by atoms with Gasteiger partial charge < -0.3 is 19.8 Å². The summed E-state index contributed by atoms with van der Waals surface area (Å²) in [7, 11) is 0. The molecule has 2 N–H and O–H groups in total. The molecule has 3 rings (SSSR count). The van der Waals surface area contributed by atoms with Gasteiger partial charge in [0.05, 0.1) is 18.6 Å². The summed E-state index contributed by atoms with van der Waals surface area (Å²) in [6.45, 7) is 4.50. The molecule has 1 aromatic heterocycles. The van der Waals surface area contributed by atoms with Crippen molar-refractivity contribution < 1.29 is 23.5 Å². The molecule has 1 fully saturated rings. The minimum atomic E-state index is -0.493. The fraction of sp³-hybridized carbons (Fsp3) is 0.450. The van der Waals surface area contributed by atoms with Crippen LogP contribution in [0.4, 0.5) is 0 Å². The van der Waals surface area contributed by atoms with E-state index in [9.17, 15) is 14.4 Å². The molecule has 2 heterocycles. The molecular formula is C20H24N2O5. The second-order valence-electron chi connectivity index (χ2n) is 7.11. The molecule has 0 unspecified atom stereocenters. The van der Waals surface area contributed by atoms with Crippen molar-refractivity contribution in [2.24, 2.45) is 11.7 Å². The zero-order valence-corrected chi connectivity index (χ0v) is 15.6. The Morgan fingerprint density at radius 1 is 1.26 bits per heavy atom. The van der Waals surface area contributed by atoms with Crippen molar-refractivity contribution in [1.29, 1.82) is 0 Å². The Hall–Kier alpha value is -2.83. The molecule has 1 aliphatic rings. The van der Waals surface area contributed by atoms with E-state index in [0.717, 1.165) is 27.7 Å². The highest BCUT2D eigenvalue weighted by Gasteiger charge is 2.27. The molecule has 0 saturated carbocycles. The number of hydrogen-bond acceptors (Lipinski definition) is 5. The Balaban J connectivity index is 1.56. The molecule has 1 aromatic carbocycles. The van der Waals surface area contributed by atoms with Gasteiger partial charge in [-0.15, -0.1) is 0 Å². The maximum absolute atomic E-state index is 12.2. The standard InChI is InChI=1S/C20H24N2O5/c1-12-6-16-15(10-26-17(16)7-13(12)2)8-19(24)27-11-18(23)22-5-3-4-14(9-22)20(21)25/h6-7,10,14H,3-5,8-9,11H2,1-2H3,(H2,21,25)/t14-/m1/s1. The summed E-state index contributed by atoms with van der Waals surface area (Å²) in [4.78, 5) is 37.2. The van der Waals surface area contributed by atoms with Crippen LogP contribution in [0.15, 0.2) is 22.8 Å². The third-order valence-corrected chi connectivity index (χ3v) is 5.14. The minimum absolute atomic E-state index is 0.0344. The number of fused-ring (bicyclic) bond motifs is 1. The number of rotatable bonds is 5. The number of nitrogens with two attached hydrogens (primary N) is 1. The molecular weight excluding hydrogens is 348 g/mol. The van der Waals surface area contributed by atoms with Gasteiger partial charge in [-0.25, -0.2) is 0 Å². The number of nitrogens with zero attached hydrogens (tertiary/aromatic N) is 1. The summed E-state index contributed by atoms with van der Waals surface area (Å²) >= 11 is 0. The number of carbonyl (C=O) groups excluding carboxylic acids is 3. The highest BCUT2D eigenvalue weighted by Crippen LogP contribution is 2.25. The van der Waals surface area contributed by atoms with Gasteiger partial charge in [0, 0.05) is 24.0 Å². The van der Waals surface area contributed by atoms with Gasteiger partial charge in [-0.1, -0.05) is 0 Å². The van der Waals surface area contributed by atoms with Gasteiger partial charge in [0.25, 0.3) is 5.91 Å². The van der Waals surface area contributed by atoms with E-state index in [2.05, 4.69) is 0 Å². The van der Waals surface area contributed by atoms with Crippen LogP contribution in [0.5, 0.6) is 0 Å². The Kier molecular flexibility index (Phi) is 5.48. The minimum Gasteiger partial charge on any atom is -0.464 e. The lowest BCUT2D eigenvalue weighted by atomic mass is 9.97. The first-order chi connectivity index (χ1) is 12.8. The van der Waals surface area contributed by atoms with E-state index < -0.39 is 11.9 Å². The molecule has 7 nitrogen and oxygen atoms in total. The summed E-state index contributed by atoms with van der Waals surface area (Å²) in [5.74, 6) is -1.53. The molecule has 27 heavy (non-hydrogen) atoms. The molecule has 0 radical (unpaired) electrons. The van der Waals surface area contributed by atoms with Crippen LogP contribution in [-0.2, 0) is 25.5 Å². The topological polar surface area (TPSA) is 103 Å². The van der Waals surface area contributed by atoms with Gasteiger partial charge in [-0.2, -0.15) is 0 Å². The number of amides is 2. The fourth-order valence-corrected chi connectivity index (χ4v) is 3.35. The Morgan fingerprint density at radius 2 is 2.00 bits per heavy atom. The van der Waals surface area contributed by atoms with Crippen molar-refractivity contribution in [3.8, 4) is 0 Å². The van der Waals surface area contributed by atoms with E-state index in [-0.39, 0.29) is 31.4 Å². The molecule has 144 valence electrons. The normalized spacial score (nSPS) is 17.1. The van der Waals surface area contributed by atoms with Gasteiger partial charge in [0.1, 0.15) is 5.58 Å². The van der Waals surface area contributed by atoms with Crippen LogP contribution in [0.2, 0.25) is 0 Å². The number of piperidine rings is 1. The first-order valence-electron chi connectivity index (χ1n) is 9.05. The number of hydrogen-bond donors (Lipinski definition) is 1. The summed E-state index contributed by atoms with van der Waals surface area (Å²) in [5, 5.41) is 0.877. The summed E-state index contributed by atoms with van der Waals surface area (Å²) < 4.78 is 10.7. The summed E-state index contributed by atoms with van der Waals surface area (Å²) in [6.07, 6.45) is 2.99. The summed E-state index contributed by atoms with van der Waals surface area (Å²) in [5.41, 5.74) is 9.01. The predicted molar refractivity (Wildman–Crippen MR) is 98.8 cm³/mol. The van der Waals surface area contributed by atoms with E-state index >= 15 is 0 Å². The van der Waals surface area contributed by atoms with Crippen LogP contribution in [-0.4, -0.2) is 42.4 Å². The van der Waals surface area contributed by atoms with Crippen molar-refractivity contribution in [1.82, 2.24) is 4.90 Å². The van der Waals surface area contributed by atoms with Crippen LogP contribution in [0.3, 0.4) is 0 Å². The van der Waals surface area contributed by atoms with Crippen LogP contribution >= 0.6 is 0 Å². The third kappa shape index (κ3) is 4.30. The van der Waals surface area contributed by atoms with E-state index in [1.165, 1.54) is 4.90 Å². The number of benzene rings is 1. The number of likely N-dealkylation sites (tertiary alicyclic amines) is 1. The third-order valence-electron chi connectivity index (χ3n) is 5.14. The quantitative estimate of drug-likeness (QED) is 0.807. The van der Waals surface area contributed by atoms with E-state index in [1.807, 2.05) is 26.0 Å². The number of ether oxygens (including phenoxy) is 1. The van der Waals surface area contributed by atoms with Gasteiger partial charge in [0.2, 0.25) is 5.91 Å². The number of furan rings is 1. The first kappa shape index (κ1) is 18.9. The van der Waals surface area contributed by atoms with Crippen molar-refractivity contribution in [2.45, 2.75) is 33.1 Å². The van der Waals surface area contributed by atoms with E-state index in [4.69, 9.17) is 14.9 Å². The average molecular weight is 372 g/mol. The van der Waals surface area contributed by atoms with E-state index in [1.54, 1.807) is 6.26 Å². The lowest BCUT2D eigenvalue weighted by Crippen LogP contribution is -2.45. The largest absolute Gasteiger partial charge is 0.464 e. The number of primary amides is 1. The van der Waals surface area contributed by atoms with Crippen LogP contribution in [0.25, 0.3) is 11.0 Å². The van der Waals surface area contributed by atoms with Gasteiger partial charge in [0.15, 0.2) is 6.61 Å². The van der Waals surface area contributed by atoms with E-state index in [0.29, 0.717) is 19.4 Å². The fourth-order valence-electron chi connectivity index (χ4n) is 3.35. The van der Waals surface area contributed by atoms with Crippen LogP contribution in [0, 0.1) is 19.8 Å². The Labute approximate surface area is 157 Å². The van der Waals surface area contributed by atoms with Gasteiger partial charge in [-0.3, -0.25) is 14.4 Å². The molecule has 0 aliphatic carbocycles. The lowest BCUT2D eigenvalue weighted by molar-refractivity contribution is -0.152. The first-order valence-corrected chi connectivity index (χ1v) is 9.05. The molecule has 0 bridgehead atoms. The predicted octanol–water partition coefficient (Wildman–Crippen LogP) is 1.86. The molecule has 1 saturated heterocycles. The SMILES string of the molecule is Cc1cc2occ(CC(=O)OCC(=O)N3CCC[C@@H](C(N)=O)C3)c2cc1C. The average Bonchev–Trinajstić information content (AvgIpc) is 3.01. The lowest BCUT2D eigenvalue weighted by Gasteiger charge is -2.31. The molecule has 7 heteroatoms. The zero-order chi connectivity index (χ0) is 19.6. The monoisotopic (exact) mass is 372 g/mol. The smallest absolute Gasteiger partial charge is 0.310 e. The molecule has 1 atom stereocenters. The van der Waals surface area contributed by atoms with Crippen molar-refractivity contribution in [3.05, 3.63) is 35.1 Å². The van der Waals surface area contributed by atoms with Crippen molar-refractivity contribution in [3.63, 3.8) is 0 Å². The van der Waals surface area contributed by atoms with Crippen molar-refractivity contribution >= 4 is 28.8 Å². The van der Waals surface area contributed by atoms with Crippen LogP contribution in [0.1, 0.15) is 29.5 Å². The number of aryl methyl sites for hydroxylation is 2. The molecule has 2 amide bonds. The molecule has 0 spiro atoms. The van der Waals surface area contributed by atoms with Gasteiger partial charge in [-0.05, 0) is 49.9 Å². The number of carbonyl (C=O) groups is 3.